The summed E-state index contributed by atoms with van der Waals surface area (Å²) in [5.74, 6) is -1.19. The van der Waals surface area contributed by atoms with E-state index in [-0.39, 0.29) is 0 Å². The van der Waals surface area contributed by atoms with E-state index in [4.69, 9.17) is 25.2 Å². The van der Waals surface area contributed by atoms with Crippen molar-refractivity contribution in [1.29, 1.82) is 0 Å². The van der Waals surface area contributed by atoms with Gasteiger partial charge in [-0.1, -0.05) is 0 Å². The van der Waals surface area contributed by atoms with Crippen LogP contribution in [0.5, 0.6) is 0 Å². The Kier molecular flexibility index (Phi) is 7.66. The molecule has 0 aliphatic carbocycles. The van der Waals surface area contributed by atoms with Crippen LogP contribution in [-0.2, 0) is 31.6 Å². The molecule has 0 spiro atoms. The molecule has 0 bridgehead atoms. The van der Waals surface area contributed by atoms with Crippen molar-refractivity contribution in [2.24, 2.45) is 5.73 Å². The first-order valence-electron chi connectivity index (χ1n) is 8.07. The summed E-state index contributed by atoms with van der Waals surface area (Å²) in [4.78, 5) is 62.7. The van der Waals surface area contributed by atoms with Gasteiger partial charge >= 0.3 is 23.5 Å². The molecule has 0 saturated carbocycles. The Labute approximate surface area is 177 Å². The van der Waals surface area contributed by atoms with Gasteiger partial charge in [0.2, 0.25) is 0 Å². The molecule has 2 heterocycles. The quantitative estimate of drug-likeness (QED) is 0.167. The highest BCUT2D eigenvalue weighted by Gasteiger charge is 2.54. The van der Waals surface area contributed by atoms with Gasteiger partial charge in [-0.15, -0.1) is 0 Å². The molecule has 182 valence electrons. The Morgan fingerprint density at radius 1 is 1.25 bits per heavy atom. The molecular weight excluding hydrogens is 507 g/mol. The summed E-state index contributed by atoms with van der Waals surface area (Å²) in [6.45, 7) is -0.0794. The summed E-state index contributed by atoms with van der Waals surface area (Å²) in [7, 11) is -16.9. The molecule has 1 fully saturated rings. The number of aromatic nitrogens is 2. The standard InChI is InChI=1S/C11H18N3O15P3/c1-11(18)7(15)5(4-26-31(22,23)29-32(24,25)28-30(19,20)21)27-10(11)14-3-2-13-6(8(12)16)9(14)17/h2-3,5,7,10,15,18H,4H2,1H3,(H2,12,16)(H,22,23)(H,24,25)(H2,19,20,21)/t5-,7?,10-,11?/m1/s1. The molecule has 21 heteroatoms. The van der Waals surface area contributed by atoms with Gasteiger partial charge in [-0.05, 0) is 6.92 Å². The second-order valence-corrected chi connectivity index (χ2v) is 10.9. The Hall–Kier alpha value is -1.36. The summed E-state index contributed by atoms with van der Waals surface area (Å²) in [5, 5.41) is 20.8. The van der Waals surface area contributed by atoms with Gasteiger partial charge < -0.3 is 40.3 Å². The zero-order chi connectivity index (χ0) is 24.7. The van der Waals surface area contributed by atoms with Crippen molar-refractivity contribution in [2.75, 3.05) is 6.61 Å². The van der Waals surface area contributed by atoms with Crippen molar-refractivity contribution in [3.05, 3.63) is 28.4 Å². The van der Waals surface area contributed by atoms with E-state index in [2.05, 4.69) is 18.1 Å². The summed E-state index contributed by atoms with van der Waals surface area (Å²) in [6.07, 6.45) is -3.26. The van der Waals surface area contributed by atoms with E-state index in [0.29, 0.717) is 4.57 Å². The third-order valence-electron chi connectivity index (χ3n) is 3.93. The monoisotopic (exact) mass is 525 g/mol. The number of carbonyl (C=O) groups is 1. The lowest BCUT2D eigenvalue weighted by Gasteiger charge is -2.27. The van der Waals surface area contributed by atoms with Crippen LogP contribution in [0.25, 0.3) is 0 Å². The van der Waals surface area contributed by atoms with E-state index >= 15 is 0 Å². The lowest BCUT2D eigenvalue weighted by molar-refractivity contribution is -0.0982. The minimum Gasteiger partial charge on any atom is -0.387 e. The number of aliphatic hydroxyl groups is 2. The van der Waals surface area contributed by atoms with Gasteiger partial charge in [-0.3, -0.25) is 18.7 Å². The molecule has 1 saturated heterocycles. The number of nitrogens with two attached hydrogens (primary N) is 1. The predicted octanol–water partition coefficient (Wildman–Crippen LogP) is -2.31. The summed E-state index contributed by atoms with van der Waals surface area (Å²) < 4.78 is 51.1. The number of aliphatic hydroxyl groups excluding tert-OH is 1. The van der Waals surface area contributed by atoms with Crippen LogP contribution in [0.1, 0.15) is 23.6 Å². The van der Waals surface area contributed by atoms with Crippen LogP contribution < -0.4 is 11.3 Å². The topological polar surface area (TPSA) is 287 Å². The minimum absolute atomic E-state index is 0.668. The van der Waals surface area contributed by atoms with Crippen LogP contribution in [0.4, 0.5) is 0 Å². The van der Waals surface area contributed by atoms with E-state index < -0.39 is 71.3 Å². The van der Waals surface area contributed by atoms with E-state index in [0.717, 1.165) is 19.3 Å². The molecular formula is C11H18N3O15P3. The maximum absolute atomic E-state index is 12.3. The van der Waals surface area contributed by atoms with Crippen molar-refractivity contribution in [1.82, 2.24) is 9.55 Å². The fourth-order valence-corrected chi connectivity index (χ4v) is 5.66. The second kappa shape index (κ2) is 9.12. The van der Waals surface area contributed by atoms with Gasteiger partial charge in [-0.25, -0.2) is 18.7 Å². The minimum atomic E-state index is -5.77. The number of hydrogen-bond donors (Lipinski definition) is 7. The van der Waals surface area contributed by atoms with Crippen LogP contribution in [0.15, 0.2) is 17.2 Å². The fourth-order valence-electron chi connectivity index (χ4n) is 2.63. The SMILES string of the molecule is CC1(O)C(O)[C@@H](COP(=O)(O)OP(=O)(O)OP(=O)(O)O)O[C@H]1n1ccnc(C(N)=O)c1=O. The van der Waals surface area contributed by atoms with Gasteiger partial charge in [0.05, 0.1) is 6.61 Å². The molecule has 2 rings (SSSR count). The molecule has 1 aliphatic heterocycles. The molecule has 1 aliphatic rings. The zero-order valence-corrected chi connectivity index (χ0v) is 18.4. The molecule has 18 nitrogen and oxygen atoms in total. The molecule has 8 N–H and O–H groups in total. The largest absolute Gasteiger partial charge is 0.490 e. The number of rotatable bonds is 9. The number of ether oxygens (including phenoxy) is 1. The summed E-state index contributed by atoms with van der Waals surface area (Å²) in [5.41, 5.74) is 0.978. The van der Waals surface area contributed by atoms with Gasteiger partial charge in [0.15, 0.2) is 11.9 Å². The molecule has 0 radical (unpaired) electrons. The van der Waals surface area contributed by atoms with E-state index in [1.54, 1.807) is 0 Å². The van der Waals surface area contributed by atoms with Gasteiger partial charge in [0, 0.05) is 12.4 Å². The fraction of sp³-hybridized carbons (Fsp3) is 0.545. The number of hydrogen-bond acceptors (Lipinski definition) is 12. The highest BCUT2D eigenvalue weighted by molar-refractivity contribution is 7.66. The molecule has 6 atom stereocenters. The first kappa shape index (κ1) is 26.9. The van der Waals surface area contributed by atoms with Gasteiger partial charge in [0.25, 0.3) is 11.5 Å². The summed E-state index contributed by atoms with van der Waals surface area (Å²) >= 11 is 0. The van der Waals surface area contributed by atoms with Gasteiger partial charge in [-0.2, -0.15) is 8.62 Å². The number of amides is 1. The van der Waals surface area contributed by atoms with Crippen LogP contribution in [0.2, 0.25) is 0 Å². The summed E-state index contributed by atoms with van der Waals surface area (Å²) in [6, 6.07) is 0. The van der Waals surface area contributed by atoms with Crippen LogP contribution in [0, 0.1) is 0 Å². The lowest BCUT2D eigenvalue weighted by atomic mass is 9.96. The molecule has 1 aromatic heterocycles. The number of phosphoric acid groups is 3. The normalized spacial score (nSPS) is 29.9. The molecule has 0 aromatic carbocycles. The number of phosphoric ester groups is 1. The molecule has 32 heavy (non-hydrogen) atoms. The maximum Gasteiger partial charge on any atom is 0.490 e. The van der Waals surface area contributed by atoms with E-state index in [1.165, 1.54) is 0 Å². The van der Waals surface area contributed by atoms with E-state index in [9.17, 15) is 38.4 Å². The third-order valence-corrected chi connectivity index (χ3v) is 7.73. The Morgan fingerprint density at radius 2 is 1.84 bits per heavy atom. The average molecular weight is 525 g/mol. The van der Waals surface area contributed by atoms with Crippen LogP contribution in [-0.4, -0.2) is 69.7 Å². The Bertz CT molecular complexity index is 1080. The van der Waals surface area contributed by atoms with Crippen molar-refractivity contribution >= 4 is 29.4 Å². The smallest absolute Gasteiger partial charge is 0.387 e. The lowest BCUT2D eigenvalue weighted by Crippen LogP contribution is -2.46. The number of primary amides is 1. The Balaban J connectivity index is 2.18. The second-order valence-electron chi connectivity index (χ2n) is 6.44. The van der Waals surface area contributed by atoms with Crippen molar-refractivity contribution in [3.8, 4) is 0 Å². The molecule has 1 aromatic rings. The first-order valence-corrected chi connectivity index (χ1v) is 12.6. The highest BCUT2D eigenvalue weighted by Crippen LogP contribution is 2.66. The number of nitrogens with zero attached hydrogens (tertiary/aromatic N) is 2. The highest BCUT2D eigenvalue weighted by atomic mass is 31.3. The number of carbonyl (C=O) groups excluding carboxylic acids is 1. The zero-order valence-electron chi connectivity index (χ0n) is 15.8. The molecule has 1 amide bonds. The first-order chi connectivity index (χ1) is 14.4. The van der Waals surface area contributed by atoms with Crippen molar-refractivity contribution in [3.63, 3.8) is 0 Å². The van der Waals surface area contributed by atoms with Crippen molar-refractivity contribution in [2.45, 2.75) is 31.0 Å². The Morgan fingerprint density at radius 3 is 2.38 bits per heavy atom. The predicted molar refractivity (Wildman–Crippen MR) is 97.4 cm³/mol. The maximum atomic E-state index is 12.3. The van der Waals surface area contributed by atoms with Crippen LogP contribution in [0.3, 0.4) is 0 Å². The van der Waals surface area contributed by atoms with Crippen molar-refractivity contribution < 1.29 is 66.2 Å². The van der Waals surface area contributed by atoms with E-state index in [1.807, 2.05) is 0 Å². The average Bonchev–Trinajstić information content (AvgIpc) is 2.80. The third kappa shape index (κ3) is 6.36. The molecule has 4 unspecified atom stereocenters. The van der Waals surface area contributed by atoms with Gasteiger partial charge in [0.1, 0.15) is 17.8 Å². The van der Waals surface area contributed by atoms with Crippen LogP contribution >= 0.6 is 23.5 Å².